The number of hydrogen-bond acceptors (Lipinski definition) is 7. The molecule has 156 valence electrons. The van der Waals surface area contributed by atoms with Crippen molar-refractivity contribution in [2.24, 2.45) is 0 Å². The first-order valence-electron chi connectivity index (χ1n) is 9.41. The van der Waals surface area contributed by atoms with E-state index in [1.54, 1.807) is 30.3 Å². The van der Waals surface area contributed by atoms with Gasteiger partial charge in [-0.25, -0.2) is 4.79 Å². The van der Waals surface area contributed by atoms with Gasteiger partial charge in [0.2, 0.25) is 0 Å². The maximum absolute atomic E-state index is 12.0. The van der Waals surface area contributed by atoms with Crippen LogP contribution in [0, 0.1) is 0 Å². The van der Waals surface area contributed by atoms with Gasteiger partial charge in [0.05, 0.1) is 6.26 Å². The highest BCUT2D eigenvalue weighted by Gasteiger charge is 2.26. The van der Waals surface area contributed by atoms with Crippen LogP contribution in [0.15, 0.2) is 56.7 Å². The van der Waals surface area contributed by atoms with Crippen molar-refractivity contribution in [2.45, 2.75) is 25.8 Å². The third kappa shape index (κ3) is 4.57. The number of nitrogens with one attached hydrogen (secondary N) is 3. The fourth-order valence-electron chi connectivity index (χ4n) is 2.88. The van der Waals surface area contributed by atoms with Crippen LogP contribution in [0.3, 0.4) is 0 Å². The van der Waals surface area contributed by atoms with Gasteiger partial charge in [0.25, 0.3) is 16.8 Å². The molecule has 0 fully saturated rings. The number of carbonyl (C=O) groups is 2. The second kappa shape index (κ2) is 9.08. The molecule has 1 atom stereocenters. The van der Waals surface area contributed by atoms with Crippen LogP contribution < -0.4 is 26.8 Å². The number of carboxylic acid groups (broad SMARTS) is 1. The van der Waals surface area contributed by atoms with Gasteiger partial charge >= 0.3 is 5.97 Å². The fraction of sp³-hybridized carbons (Fsp3) is 0.238. The SMILES string of the molecule is CCCNc1c(N[C@@H](Cc2ccc(NC(=O)c3ccco3)cc2)C(=O)O)c(=O)c1=O. The van der Waals surface area contributed by atoms with E-state index in [0.29, 0.717) is 17.8 Å². The number of rotatable bonds is 10. The van der Waals surface area contributed by atoms with Crippen molar-refractivity contribution >= 4 is 28.9 Å². The largest absolute Gasteiger partial charge is 0.480 e. The van der Waals surface area contributed by atoms with Crippen molar-refractivity contribution < 1.29 is 19.1 Å². The van der Waals surface area contributed by atoms with Crippen molar-refractivity contribution in [3.05, 3.63) is 74.4 Å². The summed E-state index contributed by atoms with van der Waals surface area (Å²) in [4.78, 5) is 47.2. The third-order valence-electron chi connectivity index (χ3n) is 4.48. The van der Waals surface area contributed by atoms with Gasteiger partial charge in [0, 0.05) is 18.7 Å². The van der Waals surface area contributed by atoms with Gasteiger partial charge in [-0.3, -0.25) is 14.4 Å². The number of hydrogen-bond donors (Lipinski definition) is 4. The number of aliphatic carboxylic acids is 1. The van der Waals surface area contributed by atoms with E-state index < -0.39 is 28.8 Å². The Balaban J connectivity index is 1.67. The minimum absolute atomic E-state index is 0.00295. The maximum atomic E-state index is 12.0. The lowest BCUT2D eigenvalue weighted by Gasteiger charge is -2.20. The first kappa shape index (κ1) is 20.8. The molecule has 0 spiro atoms. The van der Waals surface area contributed by atoms with E-state index in [0.717, 1.165) is 6.42 Å². The maximum Gasteiger partial charge on any atom is 0.326 e. The number of carboxylic acids is 1. The van der Waals surface area contributed by atoms with Gasteiger partial charge in [-0.1, -0.05) is 19.1 Å². The van der Waals surface area contributed by atoms with Crippen molar-refractivity contribution in [3.8, 4) is 0 Å². The van der Waals surface area contributed by atoms with Crippen molar-refractivity contribution in [3.63, 3.8) is 0 Å². The molecular formula is C21H21N3O6. The monoisotopic (exact) mass is 411 g/mol. The zero-order valence-corrected chi connectivity index (χ0v) is 16.2. The number of furan rings is 1. The molecule has 1 heterocycles. The molecule has 0 radical (unpaired) electrons. The van der Waals surface area contributed by atoms with Crippen LogP contribution in [0.5, 0.6) is 0 Å². The molecule has 1 amide bonds. The van der Waals surface area contributed by atoms with Crippen LogP contribution in [0.4, 0.5) is 17.1 Å². The van der Waals surface area contributed by atoms with E-state index in [1.165, 1.54) is 12.3 Å². The molecule has 2 aromatic carbocycles. The summed E-state index contributed by atoms with van der Waals surface area (Å²) >= 11 is 0. The summed E-state index contributed by atoms with van der Waals surface area (Å²) in [7, 11) is 0. The van der Waals surface area contributed by atoms with Crippen LogP contribution in [-0.4, -0.2) is 29.6 Å². The second-order valence-corrected chi connectivity index (χ2v) is 6.70. The van der Waals surface area contributed by atoms with Crippen LogP contribution in [0.2, 0.25) is 0 Å². The van der Waals surface area contributed by atoms with E-state index in [2.05, 4.69) is 16.0 Å². The average molecular weight is 411 g/mol. The third-order valence-corrected chi connectivity index (χ3v) is 4.48. The lowest BCUT2D eigenvalue weighted by atomic mass is 10.0. The van der Waals surface area contributed by atoms with Crippen molar-refractivity contribution in [1.82, 2.24) is 0 Å². The fourth-order valence-corrected chi connectivity index (χ4v) is 2.88. The smallest absolute Gasteiger partial charge is 0.326 e. The Morgan fingerprint density at radius 3 is 2.37 bits per heavy atom. The zero-order chi connectivity index (χ0) is 21.7. The Labute approximate surface area is 171 Å². The molecule has 3 rings (SSSR count). The van der Waals surface area contributed by atoms with Gasteiger partial charge in [0.15, 0.2) is 5.76 Å². The number of anilines is 3. The lowest BCUT2D eigenvalue weighted by molar-refractivity contribution is -0.137. The molecule has 0 aliphatic heterocycles. The minimum atomic E-state index is -1.15. The summed E-state index contributed by atoms with van der Waals surface area (Å²) in [5.41, 5.74) is -0.0453. The Morgan fingerprint density at radius 1 is 1.07 bits per heavy atom. The molecule has 4 N–H and O–H groups in total. The zero-order valence-electron chi connectivity index (χ0n) is 16.2. The van der Waals surface area contributed by atoms with E-state index >= 15 is 0 Å². The molecule has 9 heteroatoms. The normalized spacial score (nSPS) is 11.8. The van der Waals surface area contributed by atoms with Crippen molar-refractivity contribution in [2.75, 3.05) is 22.5 Å². The van der Waals surface area contributed by atoms with E-state index in [-0.39, 0.29) is 23.6 Å². The summed E-state index contributed by atoms with van der Waals surface area (Å²) in [5, 5.41) is 17.7. The Hall–Kier alpha value is -3.88. The Kier molecular flexibility index (Phi) is 6.31. The molecule has 0 saturated heterocycles. The predicted octanol–water partition coefficient (Wildman–Crippen LogP) is 2.06. The molecule has 1 aromatic heterocycles. The highest BCUT2D eigenvalue weighted by Crippen LogP contribution is 2.18. The van der Waals surface area contributed by atoms with Gasteiger partial charge in [-0.15, -0.1) is 0 Å². The van der Waals surface area contributed by atoms with E-state index in [1.807, 2.05) is 6.92 Å². The Morgan fingerprint density at radius 2 is 1.77 bits per heavy atom. The number of benzene rings is 1. The van der Waals surface area contributed by atoms with Gasteiger partial charge in [-0.05, 0) is 36.2 Å². The summed E-state index contributed by atoms with van der Waals surface area (Å²) in [6, 6.07) is 8.68. The van der Waals surface area contributed by atoms with E-state index in [4.69, 9.17) is 4.42 Å². The molecule has 0 bridgehead atoms. The van der Waals surface area contributed by atoms with Crippen LogP contribution in [0.25, 0.3) is 0 Å². The van der Waals surface area contributed by atoms with Gasteiger partial charge in [-0.2, -0.15) is 0 Å². The summed E-state index contributed by atoms with van der Waals surface area (Å²) in [6.45, 7) is 2.41. The van der Waals surface area contributed by atoms with Crippen molar-refractivity contribution in [1.29, 1.82) is 0 Å². The standard InChI is InChI=1S/C21H21N3O6/c1-2-9-22-16-17(19(26)18(16)25)24-14(21(28)29)11-12-5-7-13(8-6-12)23-20(27)15-4-3-10-30-15/h3-8,10,14,22,24H,2,9,11H2,1H3,(H,23,27)(H,28,29)/t14-/m0/s1. The first-order chi connectivity index (χ1) is 14.4. The molecule has 0 unspecified atom stereocenters. The van der Waals surface area contributed by atoms with Crippen LogP contribution in [0.1, 0.15) is 29.5 Å². The summed E-state index contributed by atoms with van der Waals surface area (Å²) < 4.78 is 5.03. The van der Waals surface area contributed by atoms with E-state index in [9.17, 15) is 24.3 Å². The van der Waals surface area contributed by atoms with Gasteiger partial charge in [0.1, 0.15) is 17.4 Å². The topological polar surface area (TPSA) is 138 Å². The predicted molar refractivity (Wildman–Crippen MR) is 112 cm³/mol. The number of amides is 1. The Bertz CT molecular complexity index is 1100. The second-order valence-electron chi connectivity index (χ2n) is 6.70. The minimum Gasteiger partial charge on any atom is -0.480 e. The summed E-state index contributed by atoms with van der Waals surface area (Å²) in [5.74, 6) is -1.38. The number of carbonyl (C=O) groups excluding carboxylic acids is 1. The lowest BCUT2D eigenvalue weighted by Crippen LogP contribution is -2.42. The molecule has 30 heavy (non-hydrogen) atoms. The molecule has 9 nitrogen and oxygen atoms in total. The molecule has 0 aliphatic rings. The highest BCUT2D eigenvalue weighted by molar-refractivity contribution is 6.02. The quantitative estimate of drug-likeness (QED) is 0.372. The van der Waals surface area contributed by atoms with Gasteiger partial charge < -0.3 is 25.5 Å². The highest BCUT2D eigenvalue weighted by atomic mass is 16.4. The molecule has 3 aromatic rings. The van der Waals surface area contributed by atoms with Crippen LogP contribution >= 0.6 is 0 Å². The molecule has 0 aliphatic carbocycles. The molecule has 0 saturated carbocycles. The van der Waals surface area contributed by atoms with Crippen LogP contribution in [-0.2, 0) is 11.2 Å². The first-order valence-corrected chi connectivity index (χ1v) is 9.41. The summed E-state index contributed by atoms with van der Waals surface area (Å²) in [6.07, 6.45) is 2.23. The average Bonchev–Trinajstić information content (AvgIpc) is 3.28. The molecular weight excluding hydrogens is 390 g/mol.